The molecule has 22 heavy (non-hydrogen) atoms. The molecule has 1 aromatic carbocycles. The maximum absolute atomic E-state index is 11.9. The van der Waals surface area contributed by atoms with Crippen LogP contribution in [0.1, 0.15) is 18.4 Å². The average molecular weight is 306 g/mol. The van der Waals surface area contributed by atoms with Gasteiger partial charge in [-0.2, -0.15) is 0 Å². The van der Waals surface area contributed by atoms with Gasteiger partial charge in [-0.1, -0.05) is 12.1 Å². The maximum Gasteiger partial charge on any atom is 0.409 e. The predicted molar refractivity (Wildman–Crippen MR) is 81.8 cm³/mol. The molecule has 0 unspecified atom stereocenters. The minimum atomic E-state index is -0.312. The third-order valence-electron chi connectivity index (χ3n) is 3.65. The smallest absolute Gasteiger partial charge is 0.409 e. The van der Waals surface area contributed by atoms with Gasteiger partial charge in [0.25, 0.3) is 5.91 Å². The number of rotatable bonds is 4. The second-order valence-corrected chi connectivity index (χ2v) is 5.40. The van der Waals surface area contributed by atoms with E-state index in [1.807, 2.05) is 31.2 Å². The fraction of sp³-hybridized carbons (Fsp3) is 0.500. The number of ether oxygens (including phenoxy) is 2. The number of nitrogens with one attached hydrogen (secondary N) is 1. The molecule has 1 aliphatic heterocycles. The highest BCUT2D eigenvalue weighted by molar-refractivity contribution is 5.78. The molecule has 0 aliphatic carbocycles. The molecular formula is C16H22N2O4. The third-order valence-corrected chi connectivity index (χ3v) is 3.65. The number of benzene rings is 1. The summed E-state index contributed by atoms with van der Waals surface area (Å²) in [4.78, 5) is 24.9. The molecule has 0 bridgehead atoms. The molecule has 1 aromatic rings. The highest BCUT2D eigenvalue weighted by Crippen LogP contribution is 2.13. The third kappa shape index (κ3) is 4.65. The standard InChI is InChI=1S/C16H22N2O4/c1-12-4-3-5-14(10-12)22-11-15(19)17-13-6-8-18(9-7-13)16(20)21-2/h3-5,10,13H,6-9,11H2,1-2H3,(H,17,19). The van der Waals surface area contributed by atoms with Gasteiger partial charge in [0.15, 0.2) is 6.61 Å². The lowest BCUT2D eigenvalue weighted by atomic mass is 10.1. The molecule has 1 aliphatic rings. The zero-order valence-electron chi connectivity index (χ0n) is 13.0. The van der Waals surface area contributed by atoms with Crippen molar-refractivity contribution < 1.29 is 19.1 Å². The lowest BCUT2D eigenvalue weighted by Gasteiger charge is -2.31. The molecule has 6 heteroatoms. The second kappa shape index (κ2) is 7.68. The quantitative estimate of drug-likeness (QED) is 0.919. The summed E-state index contributed by atoms with van der Waals surface area (Å²) in [5.41, 5.74) is 1.09. The normalized spacial score (nSPS) is 15.3. The molecular weight excluding hydrogens is 284 g/mol. The molecule has 1 saturated heterocycles. The molecule has 2 amide bonds. The van der Waals surface area contributed by atoms with Gasteiger partial charge in [0.1, 0.15) is 5.75 Å². The molecule has 1 N–H and O–H groups in total. The monoisotopic (exact) mass is 306 g/mol. The van der Waals surface area contributed by atoms with Crippen LogP contribution >= 0.6 is 0 Å². The number of amides is 2. The van der Waals surface area contributed by atoms with Crippen LogP contribution in [0, 0.1) is 6.92 Å². The highest BCUT2D eigenvalue weighted by Gasteiger charge is 2.24. The zero-order valence-corrected chi connectivity index (χ0v) is 13.0. The average Bonchev–Trinajstić information content (AvgIpc) is 2.53. The van der Waals surface area contributed by atoms with E-state index >= 15 is 0 Å². The lowest BCUT2D eigenvalue weighted by molar-refractivity contribution is -0.124. The van der Waals surface area contributed by atoms with Crippen molar-refractivity contribution in [3.8, 4) is 5.75 Å². The number of piperidine rings is 1. The van der Waals surface area contributed by atoms with Crippen LogP contribution in [-0.2, 0) is 9.53 Å². The van der Waals surface area contributed by atoms with Gasteiger partial charge in [-0.3, -0.25) is 4.79 Å². The van der Waals surface area contributed by atoms with Gasteiger partial charge in [0.05, 0.1) is 7.11 Å². The first-order valence-electron chi connectivity index (χ1n) is 7.40. The molecule has 6 nitrogen and oxygen atoms in total. The van der Waals surface area contributed by atoms with Crippen molar-refractivity contribution >= 4 is 12.0 Å². The Labute approximate surface area is 130 Å². The second-order valence-electron chi connectivity index (χ2n) is 5.40. The first-order valence-corrected chi connectivity index (χ1v) is 7.40. The molecule has 0 saturated carbocycles. The summed E-state index contributed by atoms with van der Waals surface area (Å²) in [7, 11) is 1.37. The fourth-order valence-corrected chi connectivity index (χ4v) is 2.46. The molecule has 1 fully saturated rings. The highest BCUT2D eigenvalue weighted by atomic mass is 16.5. The summed E-state index contributed by atoms with van der Waals surface area (Å²) >= 11 is 0. The van der Waals surface area contributed by atoms with Crippen molar-refractivity contribution in [3.63, 3.8) is 0 Å². The Balaban J connectivity index is 1.71. The molecule has 0 aromatic heterocycles. The van der Waals surface area contributed by atoms with Gasteiger partial charge in [-0.15, -0.1) is 0 Å². The molecule has 0 radical (unpaired) electrons. The van der Waals surface area contributed by atoms with Crippen LogP contribution in [0.5, 0.6) is 5.75 Å². The van der Waals surface area contributed by atoms with Crippen LogP contribution in [0.15, 0.2) is 24.3 Å². The largest absolute Gasteiger partial charge is 0.484 e. The number of hydrogen-bond donors (Lipinski definition) is 1. The van der Waals surface area contributed by atoms with Crippen molar-refractivity contribution in [2.45, 2.75) is 25.8 Å². The van der Waals surface area contributed by atoms with E-state index < -0.39 is 0 Å². The van der Waals surface area contributed by atoms with Crippen molar-refractivity contribution in [2.75, 3.05) is 26.8 Å². The zero-order chi connectivity index (χ0) is 15.9. The van der Waals surface area contributed by atoms with E-state index in [1.165, 1.54) is 7.11 Å². The summed E-state index contributed by atoms with van der Waals surface area (Å²) in [5, 5.41) is 2.94. The van der Waals surface area contributed by atoms with Crippen LogP contribution in [0.25, 0.3) is 0 Å². The van der Waals surface area contributed by atoms with Gasteiger partial charge in [0, 0.05) is 19.1 Å². The minimum absolute atomic E-state index is 0.000664. The molecule has 120 valence electrons. The van der Waals surface area contributed by atoms with Gasteiger partial charge in [-0.25, -0.2) is 4.79 Å². The number of carbonyl (C=O) groups excluding carboxylic acids is 2. The van der Waals surface area contributed by atoms with E-state index in [4.69, 9.17) is 4.74 Å². The van der Waals surface area contributed by atoms with Gasteiger partial charge in [0.2, 0.25) is 0 Å². The summed E-state index contributed by atoms with van der Waals surface area (Å²) in [6.45, 7) is 3.16. The van der Waals surface area contributed by atoms with Gasteiger partial charge in [-0.05, 0) is 37.5 Å². The summed E-state index contributed by atoms with van der Waals surface area (Å²) in [5.74, 6) is 0.550. The summed E-state index contributed by atoms with van der Waals surface area (Å²) in [6, 6.07) is 7.67. The number of likely N-dealkylation sites (tertiary alicyclic amines) is 1. The Bertz CT molecular complexity index is 525. The molecule has 0 atom stereocenters. The van der Waals surface area contributed by atoms with Crippen molar-refractivity contribution in [2.24, 2.45) is 0 Å². The Morgan fingerprint density at radius 3 is 2.68 bits per heavy atom. The molecule has 0 spiro atoms. The fourth-order valence-electron chi connectivity index (χ4n) is 2.46. The maximum atomic E-state index is 11.9. The van der Waals surface area contributed by atoms with E-state index in [0.717, 1.165) is 18.4 Å². The van der Waals surface area contributed by atoms with Crippen molar-refractivity contribution in [3.05, 3.63) is 29.8 Å². The minimum Gasteiger partial charge on any atom is -0.484 e. The van der Waals surface area contributed by atoms with E-state index in [0.29, 0.717) is 18.8 Å². The van der Waals surface area contributed by atoms with Gasteiger partial charge >= 0.3 is 6.09 Å². The molecule has 2 rings (SSSR count). The van der Waals surface area contributed by atoms with Crippen LogP contribution in [0.2, 0.25) is 0 Å². The number of nitrogens with zero attached hydrogens (tertiary/aromatic N) is 1. The van der Waals surface area contributed by atoms with Crippen molar-refractivity contribution in [1.82, 2.24) is 10.2 Å². The number of carbonyl (C=O) groups is 2. The summed E-state index contributed by atoms with van der Waals surface area (Å²) in [6.07, 6.45) is 1.14. The van der Waals surface area contributed by atoms with Crippen LogP contribution in [0.3, 0.4) is 0 Å². The number of methoxy groups -OCH3 is 1. The Morgan fingerprint density at radius 1 is 1.32 bits per heavy atom. The predicted octanol–water partition coefficient (Wildman–Crippen LogP) is 1.72. The van der Waals surface area contributed by atoms with Gasteiger partial charge < -0.3 is 19.7 Å². The number of aryl methyl sites for hydroxylation is 1. The Morgan fingerprint density at radius 2 is 2.05 bits per heavy atom. The Kier molecular flexibility index (Phi) is 5.63. The van der Waals surface area contributed by atoms with E-state index in [2.05, 4.69) is 10.1 Å². The first kappa shape index (κ1) is 16.1. The lowest BCUT2D eigenvalue weighted by Crippen LogP contribution is -2.47. The van der Waals surface area contributed by atoms with Crippen molar-refractivity contribution in [1.29, 1.82) is 0 Å². The topological polar surface area (TPSA) is 67.9 Å². The van der Waals surface area contributed by atoms with Crippen LogP contribution < -0.4 is 10.1 Å². The van der Waals surface area contributed by atoms with Crippen LogP contribution in [0.4, 0.5) is 4.79 Å². The molecule has 1 heterocycles. The van der Waals surface area contributed by atoms with E-state index in [9.17, 15) is 9.59 Å². The van der Waals surface area contributed by atoms with E-state index in [-0.39, 0.29) is 24.6 Å². The van der Waals surface area contributed by atoms with E-state index in [1.54, 1.807) is 4.90 Å². The first-order chi connectivity index (χ1) is 10.6. The number of hydrogen-bond acceptors (Lipinski definition) is 4. The SMILES string of the molecule is COC(=O)N1CCC(NC(=O)COc2cccc(C)c2)CC1. The Hall–Kier alpha value is -2.24. The summed E-state index contributed by atoms with van der Waals surface area (Å²) < 4.78 is 10.2. The van der Waals surface area contributed by atoms with Crippen LogP contribution in [-0.4, -0.2) is 49.7 Å².